The molecule has 0 atom stereocenters. The van der Waals surface area contributed by atoms with Crippen LogP contribution in [0.25, 0.3) is 0 Å². The molecule has 0 bridgehead atoms. The molecule has 2 aromatic rings. The molecular formula is C22H25FN2O4S. The van der Waals surface area contributed by atoms with Crippen LogP contribution in [0.15, 0.2) is 47.4 Å². The first kappa shape index (κ1) is 20.8. The molecule has 1 aliphatic carbocycles. The molecule has 0 unspecified atom stereocenters. The number of halogens is 1. The van der Waals surface area contributed by atoms with Gasteiger partial charge in [0.1, 0.15) is 16.5 Å². The normalized spacial score (nSPS) is 17.9. The smallest absolute Gasteiger partial charge is 0.255 e. The Hall–Kier alpha value is -2.45. The fourth-order valence-corrected chi connectivity index (χ4v) is 5.57. The van der Waals surface area contributed by atoms with Crippen molar-refractivity contribution in [1.29, 1.82) is 0 Å². The van der Waals surface area contributed by atoms with E-state index in [0.29, 0.717) is 24.5 Å². The van der Waals surface area contributed by atoms with Crippen molar-refractivity contribution in [3.8, 4) is 5.75 Å². The second-order valence-corrected chi connectivity index (χ2v) is 9.64. The second kappa shape index (κ2) is 8.73. The van der Waals surface area contributed by atoms with Gasteiger partial charge in [-0.25, -0.2) is 12.8 Å². The molecule has 8 heteroatoms. The molecule has 0 spiro atoms. The van der Waals surface area contributed by atoms with Crippen molar-refractivity contribution in [2.45, 2.75) is 49.5 Å². The highest BCUT2D eigenvalue weighted by molar-refractivity contribution is 7.89. The SMILES string of the molecule is O=C(Nc1ccccc1OC1CCCC1)c1ccc(F)c(S(=O)(=O)N2CCCC2)c1. The van der Waals surface area contributed by atoms with Crippen LogP contribution in [-0.2, 0) is 10.0 Å². The van der Waals surface area contributed by atoms with Crippen LogP contribution in [0.1, 0.15) is 48.9 Å². The third-order valence-electron chi connectivity index (χ3n) is 5.61. The summed E-state index contributed by atoms with van der Waals surface area (Å²) >= 11 is 0. The highest BCUT2D eigenvalue weighted by Gasteiger charge is 2.30. The quantitative estimate of drug-likeness (QED) is 0.743. The topological polar surface area (TPSA) is 75.7 Å². The molecule has 1 N–H and O–H groups in total. The van der Waals surface area contributed by atoms with E-state index in [2.05, 4.69) is 5.32 Å². The Morgan fingerprint density at radius 2 is 1.73 bits per heavy atom. The minimum Gasteiger partial charge on any atom is -0.488 e. The third kappa shape index (κ3) is 4.34. The zero-order chi connectivity index (χ0) is 21.1. The van der Waals surface area contributed by atoms with E-state index >= 15 is 0 Å². The zero-order valence-electron chi connectivity index (χ0n) is 16.6. The minimum absolute atomic E-state index is 0.0739. The van der Waals surface area contributed by atoms with Gasteiger partial charge in [0.2, 0.25) is 10.0 Å². The number of carbonyl (C=O) groups is 1. The average Bonchev–Trinajstić information content (AvgIpc) is 3.44. The number of amides is 1. The van der Waals surface area contributed by atoms with Crippen molar-refractivity contribution >= 4 is 21.6 Å². The van der Waals surface area contributed by atoms with Gasteiger partial charge in [0, 0.05) is 18.7 Å². The first-order chi connectivity index (χ1) is 14.4. The van der Waals surface area contributed by atoms with E-state index < -0.39 is 26.6 Å². The molecule has 2 aliphatic rings. The van der Waals surface area contributed by atoms with E-state index in [1.165, 1.54) is 10.4 Å². The minimum atomic E-state index is -3.97. The van der Waals surface area contributed by atoms with Gasteiger partial charge in [-0.1, -0.05) is 12.1 Å². The fourth-order valence-electron chi connectivity index (χ4n) is 3.96. The Labute approximate surface area is 176 Å². The van der Waals surface area contributed by atoms with Gasteiger partial charge in [0.15, 0.2) is 0 Å². The molecule has 4 rings (SSSR count). The number of ether oxygens (including phenoxy) is 1. The summed E-state index contributed by atoms with van der Waals surface area (Å²) in [5.41, 5.74) is 0.576. The van der Waals surface area contributed by atoms with Crippen molar-refractivity contribution in [1.82, 2.24) is 4.31 Å². The molecule has 30 heavy (non-hydrogen) atoms. The number of benzene rings is 2. The van der Waals surface area contributed by atoms with E-state index in [-0.39, 0.29) is 11.7 Å². The van der Waals surface area contributed by atoms with Crippen LogP contribution >= 0.6 is 0 Å². The van der Waals surface area contributed by atoms with Crippen LogP contribution in [0.3, 0.4) is 0 Å². The molecule has 6 nitrogen and oxygen atoms in total. The van der Waals surface area contributed by atoms with E-state index in [0.717, 1.165) is 50.7 Å². The van der Waals surface area contributed by atoms with Crippen LogP contribution in [0.4, 0.5) is 10.1 Å². The van der Waals surface area contributed by atoms with Crippen LogP contribution in [0, 0.1) is 5.82 Å². The van der Waals surface area contributed by atoms with E-state index in [4.69, 9.17) is 4.74 Å². The maximum absolute atomic E-state index is 14.3. The Bertz CT molecular complexity index is 1030. The van der Waals surface area contributed by atoms with Crippen molar-refractivity contribution in [3.05, 3.63) is 53.8 Å². The number of rotatable bonds is 6. The molecular weight excluding hydrogens is 407 g/mol. The number of nitrogens with zero attached hydrogens (tertiary/aromatic N) is 1. The Kier molecular flexibility index (Phi) is 6.06. The maximum Gasteiger partial charge on any atom is 0.255 e. The first-order valence-corrected chi connectivity index (χ1v) is 11.8. The predicted octanol–water partition coefficient (Wildman–Crippen LogP) is 4.18. The second-order valence-electron chi connectivity index (χ2n) is 7.73. The van der Waals surface area contributed by atoms with Crippen molar-refractivity contribution < 1.29 is 22.3 Å². The zero-order valence-corrected chi connectivity index (χ0v) is 17.5. The lowest BCUT2D eigenvalue weighted by molar-refractivity contribution is 0.102. The number of anilines is 1. The van der Waals surface area contributed by atoms with Crippen molar-refractivity contribution in [3.63, 3.8) is 0 Å². The number of hydrogen-bond donors (Lipinski definition) is 1. The molecule has 1 saturated heterocycles. The molecule has 1 saturated carbocycles. The third-order valence-corrected chi connectivity index (χ3v) is 7.52. The summed E-state index contributed by atoms with van der Waals surface area (Å²) in [6.07, 6.45) is 5.85. The Morgan fingerprint density at radius 3 is 2.47 bits per heavy atom. The lowest BCUT2D eigenvalue weighted by Gasteiger charge is -2.18. The Balaban J connectivity index is 1.56. The molecule has 160 valence electrons. The fraction of sp³-hybridized carbons (Fsp3) is 0.409. The summed E-state index contributed by atoms with van der Waals surface area (Å²) in [6, 6.07) is 10.6. The van der Waals surface area contributed by atoms with Gasteiger partial charge in [-0.2, -0.15) is 4.31 Å². The van der Waals surface area contributed by atoms with E-state index in [1.54, 1.807) is 18.2 Å². The number of sulfonamides is 1. The van der Waals surface area contributed by atoms with E-state index in [1.807, 2.05) is 6.07 Å². The molecule has 1 heterocycles. The van der Waals surface area contributed by atoms with Crippen LogP contribution < -0.4 is 10.1 Å². The van der Waals surface area contributed by atoms with Crippen LogP contribution in [0.2, 0.25) is 0 Å². The monoisotopic (exact) mass is 432 g/mol. The summed E-state index contributed by atoms with van der Waals surface area (Å²) in [5.74, 6) is -0.802. The van der Waals surface area contributed by atoms with Gasteiger partial charge in [-0.3, -0.25) is 4.79 Å². The number of hydrogen-bond acceptors (Lipinski definition) is 4. The first-order valence-electron chi connectivity index (χ1n) is 10.3. The van der Waals surface area contributed by atoms with Gasteiger partial charge in [0.05, 0.1) is 11.8 Å². The predicted molar refractivity (Wildman–Crippen MR) is 112 cm³/mol. The number of carbonyl (C=O) groups excluding carboxylic acids is 1. The summed E-state index contributed by atoms with van der Waals surface area (Å²) in [5, 5.41) is 2.77. The van der Waals surface area contributed by atoms with Crippen LogP contribution in [-0.4, -0.2) is 37.8 Å². The molecule has 2 fully saturated rings. The molecule has 0 radical (unpaired) electrons. The van der Waals surface area contributed by atoms with Gasteiger partial charge in [0.25, 0.3) is 5.91 Å². The largest absolute Gasteiger partial charge is 0.488 e. The Morgan fingerprint density at radius 1 is 1.03 bits per heavy atom. The molecule has 1 aliphatic heterocycles. The standard InChI is InChI=1S/C22H25FN2O4S/c23-18-12-11-16(15-21(18)30(27,28)25-13-5-6-14-25)22(26)24-19-9-3-4-10-20(19)29-17-7-1-2-8-17/h3-4,9-12,15,17H,1-2,5-8,13-14H2,(H,24,26). The van der Waals surface area contributed by atoms with Gasteiger partial charge < -0.3 is 10.1 Å². The summed E-state index contributed by atoms with van der Waals surface area (Å²) in [4.78, 5) is 12.4. The number of para-hydroxylation sites is 2. The number of nitrogens with one attached hydrogen (secondary N) is 1. The average molecular weight is 433 g/mol. The van der Waals surface area contributed by atoms with Gasteiger partial charge in [-0.05, 0) is 68.9 Å². The van der Waals surface area contributed by atoms with Crippen LogP contribution in [0.5, 0.6) is 5.75 Å². The van der Waals surface area contributed by atoms with E-state index in [9.17, 15) is 17.6 Å². The van der Waals surface area contributed by atoms with Crippen molar-refractivity contribution in [2.75, 3.05) is 18.4 Å². The summed E-state index contributed by atoms with van der Waals surface area (Å²) < 4.78 is 47.2. The molecule has 1 amide bonds. The maximum atomic E-state index is 14.3. The summed E-state index contributed by atoms with van der Waals surface area (Å²) in [6.45, 7) is 0.730. The van der Waals surface area contributed by atoms with Gasteiger partial charge >= 0.3 is 0 Å². The summed E-state index contributed by atoms with van der Waals surface area (Å²) in [7, 11) is -3.97. The lowest BCUT2D eigenvalue weighted by Crippen LogP contribution is -2.29. The lowest BCUT2D eigenvalue weighted by atomic mass is 10.2. The molecule has 2 aromatic carbocycles. The van der Waals surface area contributed by atoms with Crippen molar-refractivity contribution in [2.24, 2.45) is 0 Å². The molecule has 0 aromatic heterocycles. The van der Waals surface area contributed by atoms with Gasteiger partial charge in [-0.15, -0.1) is 0 Å². The highest BCUT2D eigenvalue weighted by Crippen LogP contribution is 2.30. The highest BCUT2D eigenvalue weighted by atomic mass is 32.2.